The molecule has 2 fully saturated rings. The first-order valence-electron chi connectivity index (χ1n) is 7.79. The molecule has 2 aromatic rings. The second-order valence-corrected chi connectivity index (χ2v) is 8.64. The van der Waals surface area contributed by atoms with Crippen LogP contribution in [0.1, 0.15) is 0 Å². The summed E-state index contributed by atoms with van der Waals surface area (Å²) in [4.78, 5) is 11.7. The van der Waals surface area contributed by atoms with Gasteiger partial charge >= 0.3 is 5.76 Å². The van der Waals surface area contributed by atoms with E-state index in [1.54, 1.807) is 13.1 Å². The fourth-order valence-corrected chi connectivity index (χ4v) is 5.40. The molecular weight excluding hydrogens is 370 g/mol. The monoisotopic (exact) mass is 389 g/mol. The van der Waals surface area contributed by atoms with E-state index >= 15 is 0 Å². The number of aliphatic hydroxyl groups is 1. The summed E-state index contributed by atoms with van der Waals surface area (Å²) in [5.41, 5.74) is 0.394. The van der Waals surface area contributed by atoms with E-state index in [1.165, 1.54) is 21.0 Å². The summed E-state index contributed by atoms with van der Waals surface area (Å²) < 4.78 is 33.8. The first kappa shape index (κ1) is 18.4. The van der Waals surface area contributed by atoms with Gasteiger partial charge in [-0.05, 0) is 24.6 Å². The fraction of sp³-hybridized carbons (Fsp3) is 0.533. The van der Waals surface area contributed by atoms with Crippen molar-refractivity contribution in [2.45, 2.75) is 4.90 Å². The Hall–Kier alpha value is -1.39. The smallest absolute Gasteiger partial charge is 0.408 e. The minimum Gasteiger partial charge on any atom is -0.408 e. The van der Waals surface area contributed by atoms with Gasteiger partial charge in [0.1, 0.15) is 0 Å². The molecular formula is C15H20ClN3O5S. The third kappa shape index (κ3) is 2.61. The molecule has 2 atom stereocenters. The molecule has 0 saturated carbocycles. The van der Waals surface area contributed by atoms with Gasteiger partial charge in [-0.1, -0.05) is 0 Å². The van der Waals surface area contributed by atoms with Gasteiger partial charge in [-0.2, -0.15) is 4.31 Å². The number of aliphatic hydroxyl groups excluding tert-OH is 1. The molecule has 138 valence electrons. The van der Waals surface area contributed by atoms with Crippen molar-refractivity contribution in [1.29, 1.82) is 0 Å². The first-order chi connectivity index (χ1) is 11.4. The highest BCUT2D eigenvalue weighted by molar-refractivity contribution is 7.89. The Morgan fingerprint density at radius 3 is 2.88 bits per heavy atom. The zero-order chi connectivity index (χ0) is 17.1. The van der Waals surface area contributed by atoms with Gasteiger partial charge in [0.05, 0.1) is 17.0 Å². The van der Waals surface area contributed by atoms with Crippen LogP contribution >= 0.6 is 12.4 Å². The van der Waals surface area contributed by atoms with E-state index in [-0.39, 0.29) is 35.4 Å². The van der Waals surface area contributed by atoms with Crippen LogP contribution in [-0.2, 0) is 17.1 Å². The van der Waals surface area contributed by atoms with Gasteiger partial charge < -0.3 is 14.8 Å². The van der Waals surface area contributed by atoms with Crippen molar-refractivity contribution in [1.82, 2.24) is 14.2 Å². The zero-order valence-corrected chi connectivity index (χ0v) is 15.3. The number of halogens is 1. The molecule has 0 spiro atoms. The fourth-order valence-electron chi connectivity index (χ4n) is 3.80. The SMILES string of the molecule is Cl.Cn1c(=O)oc2cc(S(=O)(=O)N3CC4CNCC4(CO)C3)ccc21. The van der Waals surface area contributed by atoms with Crippen molar-refractivity contribution >= 4 is 33.5 Å². The van der Waals surface area contributed by atoms with E-state index < -0.39 is 21.2 Å². The maximum absolute atomic E-state index is 13.0. The van der Waals surface area contributed by atoms with Gasteiger partial charge in [0, 0.05) is 38.2 Å². The lowest BCUT2D eigenvalue weighted by atomic mass is 9.82. The summed E-state index contributed by atoms with van der Waals surface area (Å²) in [6.45, 7) is 1.96. The minimum absolute atomic E-state index is 0. The predicted molar refractivity (Wildman–Crippen MR) is 93.3 cm³/mol. The molecule has 25 heavy (non-hydrogen) atoms. The molecule has 3 heterocycles. The topological polar surface area (TPSA) is 105 Å². The first-order valence-corrected chi connectivity index (χ1v) is 9.23. The number of sulfonamides is 1. The summed E-state index contributed by atoms with van der Waals surface area (Å²) in [5, 5.41) is 13.0. The van der Waals surface area contributed by atoms with Crippen molar-refractivity contribution in [3.05, 3.63) is 28.7 Å². The van der Waals surface area contributed by atoms with Gasteiger partial charge in [-0.15, -0.1) is 12.4 Å². The molecule has 2 saturated heterocycles. The minimum atomic E-state index is -3.70. The van der Waals surface area contributed by atoms with E-state index in [4.69, 9.17) is 4.42 Å². The second kappa shape index (κ2) is 6.10. The van der Waals surface area contributed by atoms with Crippen LogP contribution in [0, 0.1) is 11.3 Å². The number of aryl methyl sites for hydroxylation is 1. The van der Waals surface area contributed by atoms with Crippen molar-refractivity contribution in [2.75, 3.05) is 32.8 Å². The van der Waals surface area contributed by atoms with Gasteiger partial charge in [-0.3, -0.25) is 4.57 Å². The molecule has 0 amide bonds. The van der Waals surface area contributed by atoms with E-state index in [0.29, 0.717) is 31.7 Å². The number of hydrogen-bond acceptors (Lipinski definition) is 6. The maximum atomic E-state index is 13.0. The molecule has 4 rings (SSSR count). The molecule has 1 aromatic heterocycles. The van der Waals surface area contributed by atoms with Crippen LogP contribution in [0.4, 0.5) is 0 Å². The summed E-state index contributed by atoms with van der Waals surface area (Å²) in [7, 11) is -2.13. The third-order valence-electron chi connectivity index (χ3n) is 5.37. The van der Waals surface area contributed by atoms with Crippen LogP contribution in [0.15, 0.2) is 32.3 Å². The molecule has 8 nitrogen and oxygen atoms in total. The number of fused-ring (bicyclic) bond motifs is 2. The van der Waals surface area contributed by atoms with Crippen molar-refractivity contribution < 1.29 is 17.9 Å². The summed E-state index contributed by atoms with van der Waals surface area (Å²) in [5.74, 6) is -0.420. The summed E-state index contributed by atoms with van der Waals surface area (Å²) in [6, 6.07) is 4.46. The molecule has 0 bridgehead atoms. The number of rotatable bonds is 3. The third-order valence-corrected chi connectivity index (χ3v) is 7.17. The number of hydrogen-bond donors (Lipinski definition) is 2. The lowest BCUT2D eigenvalue weighted by Crippen LogP contribution is -2.37. The van der Waals surface area contributed by atoms with Gasteiger partial charge in [0.25, 0.3) is 0 Å². The van der Waals surface area contributed by atoms with Crippen molar-refractivity contribution in [3.8, 4) is 0 Å². The zero-order valence-electron chi connectivity index (χ0n) is 13.6. The second-order valence-electron chi connectivity index (χ2n) is 6.70. The molecule has 2 aliphatic heterocycles. The average molecular weight is 390 g/mol. The van der Waals surface area contributed by atoms with Crippen LogP contribution in [0.3, 0.4) is 0 Å². The summed E-state index contributed by atoms with van der Waals surface area (Å²) in [6.07, 6.45) is 0. The maximum Gasteiger partial charge on any atom is 0.419 e. The molecule has 0 radical (unpaired) electrons. The predicted octanol–water partition coefficient (Wildman–Crippen LogP) is -0.244. The summed E-state index contributed by atoms with van der Waals surface area (Å²) >= 11 is 0. The molecule has 0 aliphatic carbocycles. The highest BCUT2D eigenvalue weighted by Gasteiger charge is 2.52. The lowest BCUT2D eigenvalue weighted by molar-refractivity contribution is 0.130. The number of aromatic nitrogens is 1. The Balaban J connectivity index is 0.00000182. The Morgan fingerprint density at radius 1 is 1.44 bits per heavy atom. The van der Waals surface area contributed by atoms with E-state index in [2.05, 4.69) is 5.32 Å². The lowest BCUT2D eigenvalue weighted by Gasteiger charge is -2.25. The van der Waals surface area contributed by atoms with E-state index in [1.807, 2.05) is 0 Å². The molecule has 2 N–H and O–H groups in total. The van der Waals surface area contributed by atoms with E-state index in [9.17, 15) is 18.3 Å². The van der Waals surface area contributed by atoms with Crippen molar-refractivity contribution in [2.24, 2.45) is 18.4 Å². The quantitative estimate of drug-likeness (QED) is 0.750. The van der Waals surface area contributed by atoms with Crippen LogP contribution < -0.4 is 11.1 Å². The Bertz CT molecular complexity index is 969. The normalized spacial score (nSPS) is 26.7. The molecule has 10 heteroatoms. The van der Waals surface area contributed by atoms with Crippen LogP contribution in [0.5, 0.6) is 0 Å². The van der Waals surface area contributed by atoms with Gasteiger partial charge in [0.2, 0.25) is 10.0 Å². The van der Waals surface area contributed by atoms with Crippen molar-refractivity contribution in [3.63, 3.8) is 0 Å². The Morgan fingerprint density at radius 2 is 2.20 bits per heavy atom. The van der Waals surface area contributed by atoms with Crippen LogP contribution in [0.2, 0.25) is 0 Å². The van der Waals surface area contributed by atoms with E-state index in [0.717, 1.165) is 0 Å². The number of nitrogens with zero attached hydrogens (tertiary/aromatic N) is 2. The largest absolute Gasteiger partial charge is 0.419 e. The number of nitrogens with one attached hydrogen (secondary N) is 1. The molecule has 1 aromatic carbocycles. The standard InChI is InChI=1S/C15H19N3O5S.ClH/c1-17-12-3-2-11(4-13(12)23-14(17)20)24(21,22)18-6-10-5-16-7-15(10,8-18)9-19;/h2-4,10,16,19H,5-9H2,1H3;1H. The molecule has 2 unspecified atom stereocenters. The highest BCUT2D eigenvalue weighted by atomic mass is 35.5. The molecule has 2 aliphatic rings. The highest BCUT2D eigenvalue weighted by Crippen LogP contribution is 2.40. The average Bonchev–Trinajstić information content (AvgIpc) is 3.19. The Kier molecular flexibility index (Phi) is 4.49. The Labute approximate surface area is 150 Å². The van der Waals surface area contributed by atoms with Crippen LogP contribution in [0.25, 0.3) is 11.1 Å². The van der Waals surface area contributed by atoms with Gasteiger partial charge in [0.15, 0.2) is 5.58 Å². The number of benzene rings is 1. The van der Waals surface area contributed by atoms with Gasteiger partial charge in [-0.25, -0.2) is 13.2 Å². The number of oxazole rings is 1. The van der Waals surface area contributed by atoms with Crippen LogP contribution in [-0.4, -0.2) is 55.2 Å².